The van der Waals surface area contributed by atoms with Crippen LogP contribution in [0.2, 0.25) is 0 Å². The van der Waals surface area contributed by atoms with E-state index in [1.165, 1.54) is 0 Å². The van der Waals surface area contributed by atoms with Crippen LogP contribution in [-0.2, 0) is 11.2 Å². The molecule has 1 aromatic heterocycles. The van der Waals surface area contributed by atoms with E-state index in [-0.39, 0.29) is 23.8 Å². The molecule has 4 rings (SSSR count). The van der Waals surface area contributed by atoms with Crippen LogP contribution in [0, 0.1) is 5.41 Å². The number of amides is 1. The lowest BCUT2D eigenvalue weighted by Gasteiger charge is -2.37. The minimum atomic E-state index is -0.388. The van der Waals surface area contributed by atoms with E-state index in [1.54, 1.807) is 12.4 Å². The van der Waals surface area contributed by atoms with Crippen LogP contribution < -0.4 is 4.74 Å². The predicted molar refractivity (Wildman–Crippen MR) is 93.3 cm³/mol. The zero-order valence-electron chi connectivity index (χ0n) is 14.1. The van der Waals surface area contributed by atoms with Gasteiger partial charge in [0.1, 0.15) is 5.75 Å². The van der Waals surface area contributed by atoms with E-state index in [4.69, 9.17) is 4.74 Å². The first kappa shape index (κ1) is 16.1. The van der Waals surface area contributed by atoms with Crippen LogP contribution in [0.3, 0.4) is 0 Å². The zero-order chi connectivity index (χ0) is 17.3. The lowest BCUT2D eigenvalue weighted by Crippen LogP contribution is -2.42. The number of nitrogens with zero attached hydrogens (tertiary/aromatic N) is 2. The lowest BCUT2D eigenvalue weighted by atomic mass is 9.74. The van der Waals surface area contributed by atoms with Crippen LogP contribution in [0.1, 0.15) is 23.5 Å². The number of hydrogen-bond donors (Lipinski definition) is 1. The molecule has 2 aliphatic rings. The van der Waals surface area contributed by atoms with Gasteiger partial charge in [-0.1, -0.05) is 18.2 Å². The molecule has 2 aromatic rings. The fourth-order valence-electron chi connectivity index (χ4n) is 4.02. The van der Waals surface area contributed by atoms with Crippen LogP contribution in [0.4, 0.5) is 0 Å². The number of likely N-dealkylation sites (tertiary alicyclic amines) is 1. The maximum Gasteiger partial charge on any atom is 0.222 e. The Kier molecular flexibility index (Phi) is 4.17. The van der Waals surface area contributed by atoms with Crippen molar-refractivity contribution in [2.45, 2.75) is 18.8 Å². The molecular formula is C20H22N2O3. The largest absolute Gasteiger partial charge is 0.493 e. The number of aliphatic hydroxyl groups is 1. The molecule has 0 radical (unpaired) electrons. The highest BCUT2D eigenvalue weighted by Crippen LogP contribution is 2.49. The van der Waals surface area contributed by atoms with E-state index in [0.717, 1.165) is 16.9 Å². The third-order valence-corrected chi connectivity index (χ3v) is 5.50. The average molecular weight is 338 g/mol. The van der Waals surface area contributed by atoms with Gasteiger partial charge < -0.3 is 14.7 Å². The molecule has 0 aliphatic carbocycles. The van der Waals surface area contributed by atoms with Crippen LogP contribution in [0.15, 0.2) is 48.8 Å². The molecule has 3 heterocycles. The van der Waals surface area contributed by atoms with Crippen LogP contribution in [0.25, 0.3) is 0 Å². The monoisotopic (exact) mass is 338 g/mol. The molecule has 0 bridgehead atoms. The molecule has 2 aliphatic heterocycles. The summed E-state index contributed by atoms with van der Waals surface area (Å²) in [6, 6.07) is 11.8. The highest BCUT2D eigenvalue weighted by Gasteiger charge is 2.51. The summed E-state index contributed by atoms with van der Waals surface area (Å²) in [6.07, 6.45) is 4.68. The fourth-order valence-corrected chi connectivity index (χ4v) is 4.02. The van der Waals surface area contributed by atoms with Crippen LogP contribution in [-0.4, -0.2) is 47.2 Å². The summed E-state index contributed by atoms with van der Waals surface area (Å²) in [5.41, 5.74) is 1.83. The van der Waals surface area contributed by atoms with E-state index in [2.05, 4.69) is 11.1 Å². The van der Waals surface area contributed by atoms with Gasteiger partial charge in [-0.15, -0.1) is 0 Å². The number of ether oxygens (including phenoxy) is 1. The van der Waals surface area contributed by atoms with Crippen molar-refractivity contribution in [1.82, 2.24) is 9.88 Å². The van der Waals surface area contributed by atoms with Gasteiger partial charge in [0, 0.05) is 37.8 Å². The normalized spacial score (nSPS) is 24.4. The molecule has 0 spiro atoms. The molecule has 2 atom stereocenters. The number of carbonyl (C=O) groups is 1. The van der Waals surface area contributed by atoms with Crippen molar-refractivity contribution < 1.29 is 14.6 Å². The van der Waals surface area contributed by atoms with Gasteiger partial charge in [-0.2, -0.15) is 0 Å². The average Bonchev–Trinajstić information content (AvgIpc) is 3.08. The number of aliphatic hydroxyl groups excluding tert-OH is 1. The first-order valence-electron chi connectivity index (χ1n) is 8.71. The van der Waals surface area contributed by atoms with Gasteiger partial charge in [0.2, 0.25) is 5.91 Å². The number of aromatic nitrogens is 1. The SMILES string of the molecule is O=C(CCc1ccncc1)N1C[C@H]2c3ccccc3OC[C@@]2(CO)C1. The highest BCUT2D eigenvalue weighted by atomic mass is 16.5. The smallest absolute Gasteiger partial charge is 0.222 e. The summed E-state index contributed by atoms with van der Waals surface area (Å²) in [5, 5.41) is 10.1. The second kappa shape index (κ2) is 6.48. The molecule has 5 nitrogen and oxygen atoms in total. The van der Waals surface area contributed by atoms with Crippen molar-refractivity contribution >= 4 is 5.91 Å². The van der Waals surface area contributed by atoms with E-state index in [9.17, 15) is 9.90 Å². The number of pyridine rings is 1. The van der Waals surface area contributed by atoms with Gasteiger partial charge in [0.05, 0.1) is 18.6 Å². The highest BCUT2D eigenvalue weighted by molar-refractivity contribution is 5.77. The van der Waals surface area contributed by atoms with Crippen molar-refractivity contribution in [2.75, 3.05) is 26.3 Å². The van der Waals surface area contributed by atoms with Gasteiger partial charge in [0.25, 0.3) is 0 Å². The molecule has 0 unspecified atom stereocenters. The quantitative estimate of drug-likeness (QED) is 0.926. The number of fused-ring (bicyclic) bond motifs is 3. The van der Waals surface area contributed by atoms with Gasteiger partial charge in [0.15, 0.2) is 0 Å². The maximum absolute atomic E-state index is 12.7. The minimum Gasteiger partial charge on any atom is -0.493 e. The maximum atomic E-state index is 12.7. The van der Waals surface area contributed by atoms with E-state index >= 15 is 0 Å². The molecular weight excluding hydrogens is 316 g/mol. The Bertz CT molecular complexity index is 765. The lowest BCUT2D eigenvalue weighted by molar-refractivity contribution is -0.130. The minimum absolute atomic E-state index is 0.0279. The Labute approximate surface area is 147 Å². The number of benzene rings is 1. The molecule has 25 heavy (non-hydrogen) atoms. The molecule has 5 heteroatoms. The van der Waals surface area contributed by atoms with E-state index in [1.807, 2.05) is 35.2 Å². The van der Waals surface area contributed by atoms with Crippen molar-refractivity contribution in [3.63, 3.8) is 0 Å². The van der Waals surface area contributed by atoms with Crippen LogP contribution in [0.5, 0.6) is 5.75 Å². The summed E-state index contributed by atoms with van der Waals surface area (Å²) in [7, 11) is 0. The summed E-state index contributed by atoms with van der Waals surface area (Å²) in [4.78, 5) is 18.6. The van der Waals surface area contributed by atoms with Crippen LogP contribution >= 0.6 is 0 Å². The van der Waals surface area contributed by atoms with Crippen molar-refractivity contribution in [2.24, 2.45) is 5.41 Å². The van der Waals surface area contributed by atoms with Crippen molar-refractivity contribution in [3.05, 3.63) is 59.9 Å². The summed E-state index contributed by atoms with van der Waals surface area (Å²) < 4.78 is 5.88. The Morgan fingerprint density at radius 1 is 1.28 bits per heavy atom. The number of carbonyl (C=O) groups excluding carboxylic acids is 1. The second-order valence-corrected chi connectivity index (χ2v) is 7.03. The van der Waals surface area contributed by atoms with Crippen molar-refractivity contribution in [3.8, 4) is 5.75 Å². The second-order valence-electron chi connectivity index (χ2n) is 7.03. The topological polar surface area (TPSA) is 62.7 Å². The number of rotatable bonds is 4. The van der Waals surface area contributed by atoms with Gasteiger partial charge in [-0.25, -0.2) is 0 Å². The third kappa shape index (κ3) is 2.89. The standard InChI is InChI=1S/C20H22N2O3/c23-13-20-12-22(19(24)6-5-15-7-9-21-10-8-15)11-17(20)16-3-1-2-4-18(16)25-14-20/h1-4,7-10,17,23H,5-6,11-14H2/t17-,20-/m0/s1. The Morgan fingerprint density at radius 2 is 2.08 bits per heavy atom. The molecule has 1 saturated heterocycles. The molecule has 0 saturated carbocycles. The molecule has 1 fully saturated rings. The first-order valence-corrected chi connectivity index (χ1v) is 8.71. The van der Waals surface area contributed by atoms with E-state index in [0.29, 0.717) is 32.5 Å². The van der Waals surface area contributed by atoms with Gasteiger partial charge in [-0.05, 0) is 35.7 Å². The Hall–Kier alpha value is -2.40. The molecule has 1 N–H and O–H groups in total. The predicted octanol–water partition coefficient (Wildman–Crippen LogP) is 2.01. The Balaban J connectivity index is 1.49. The third-order valence-electron chi connectivity index (χ3n) is 5.50. The van der Waals surface area contributed by atoms with Crippen molar-refractivity contribution in [1.29, 1.82) is 0 Å². The van der Waals surface area contributed by atoms with E-state index < -0.39 is 0 Å². The summed E-state index contributed by atoms with van der Waals surface area (Å²) in [5.74, 6) is 1.14. The Morgan fingerprint density at radius 3 is 2.88 bits per heavy atom. The molecule has 130 valence electrons. The fraction of sp³-hybridized carbons (Fsp3) is 0.400. The zero-order valence-corrected chi connectivity index (χ0v) is 14.1. The van der Waals surface area contributed by atoms with Gasteiger partial charge in [-0.3, -0.25) is 9.78 Å². The number of hydrogen-bond acceptors (Lipinski definition) is 4. The first-order chi connectivity index (χ1) is 12.2. The molecule has 1 aromatic carbocycles. The summed E-state index contributed by atoms with van der Waals surface area (Å²) in [6.45, 7) is 1.69. The molecule has 1 amide bonds. The summed E-state index contributed by atoms with van der Waals surface area (Å²) >= 11 is 0. The van der Waals surface area contributed by atoms with Gasteiger partial charge >= 0.3 is 0 Å². The number of para-hydroxylation sites is 1. The number of aryl methyl sites for hydroxylation is 1.